The van der Waals surface area contributed by atoms with Gasteiger partial charge in [0.15, 0.2) is 10.9 Å². The summed E-state index contributed by atoms with van der Waals surface area (Å²) in [5.41, 5.74) is 5.76. The van der Waals surface area contributed by atoms with Crippen molar-refractivity contribution in [2.45, 2.75) is 39.7 Å². The van der Waals surface area contributed by atoms with Crippen molar-refractivity contribution >= 4 is 28.8 Å². The van der Waals surface area contributed by atoms with Gasteiger partial charge in [-0.1, -0.05) is 87.0 Å². The Morgan fingerprint density at radius 2 is 1.57 bits per heavy atom. The van der Waals surface area contributed by atoms with Crippen molar-refractivity contribution in [2.75, 3.05) is 5.32 Å². The number of rotatable bonds is 5. The molecule has 0 radical (unpaired) electrons. The normalized spacial score (nSPS) is 11.1. The van der Waals surface area contributed by atoms with E-state index in [1.54, 1.807) is 0 Å². The molecular weight excluding hydrogens is 388 g/mol. The van der Waals surface area contributed by atoms with E-state index in [0.717, 1.165) is 11.3 Å². The fourth-order valence-electron chi connectivity index (χ4n) is 3.09. The third-order valence-corrected chi connectivity index (χ3v) is 5.22. The number of aryl methyl sites for hydroxylation is 1. The second-order valence-corrected chi connectivity index (χ2v) is 8.94. The fourth-order valence-corrected chi connectivity index (χ4v) is 3.28. The maximum absolute atomic E-state index is 12.9. The third-order valence-electron chi connectivity index (χ3n) is 4.97. The van der Waals surface area contributed by atoms with Gasteiger partial charge in [-0.25, -0.2) is 0 Å². The molecule has 3 aromatic rings. The quantitative estimate of drug-likeness (QED) is 0.395. The molecule has 3 aromatic carbocycles. The average molecular weight is 417 g/mol. The monoisotopic (exact) mass is 416 g/mol. The summed E-state index contributed by atoms with van der Waals surface area (Å²) >= 11 is 5.41. The van der Waals surface area contributed by atoms with Crippen LogP contribution >= 0.6 is 12.2 Å². The maximum atomic E-state index is 12.9. The summed E-state index contributed by atoms with van der Waals surface area (Å²) in [6.45, 7) is 9.19. The molecule has 0 aliphatic heterocycles. The first kappa shape index (κ1) is 21.7. The second kappa shape index (κ2) is 9.23. The van der Waals surface area contributed by atoms with Crippen molar-refractivity contribution in [3.8, 4) is 0 Å². The molecule has 4 heteroatoms. The molecule has 0 fully saturated rings. The van der Waals surface area contributed by atoms with E-state index in [1.165, 1.54) is 11.1 Å². The van der Waals surface area contributed by atoms with Crippen molar-refractivity contribution in [3.63, 3.8) is 0 Å². The standard InChI is InChI=1S/C26H28N2OS/c1-18-8-10-19(11-9-18)17-27-25(30)28-23-7-5-6-21(16-23)24(29)20-12-14-22(15-13-20)26(2,3)4/h5-16H,17H2,1-4H3,(H2,27,28,30). The lowest BCUT2D eigenvalue weighted by atomic mass is 9.86. The highest BCUT2D eigenvalue weighted by molar-refractivity contribution is 7.80. The van der Waals surface area contributed by atoms with Gasteiger partial charge in [-0.15, -0.1) is 0 Å². The van der Waals surface area contributed by atoms with Crippen LogP contribution in [0, 0.1) is 6.92 Å². The van der Waals surface area contributed by atoms with Gasteiger partial charge in [0.25, 0.3) is 0 Å². The lowest BCUT2D eigenvalue weighted by Gasteiger charge is -2.19. The van der Waals surface area contributed by atoms with Crippen LogP contribution in [-0.4, -0.2) is 10.9 Å². The Labute approximate surface area is 184 Å². The molecule has 0 amide bonds. The number of ketones is 1. The van der Waals surface area contributed by atoms with Gasteiger partial charge in [0, 0.05) is 23.4 Å². The molecule has 0 unspecified atom stereocenters. The highest BCUT2D eigenvalue weighted by atomic mass is 32.1. The number of hydrogen-bond donors (Lipinski definition) is 2. The average Bonchev–Trinajstić information content (AvgIpc) is 2.72. The number of hydrogen-bond acceptors (Lipinski definition) is 2. The van der Waals surface area contributed by atoms with Crippen molar-refractivity contribution in [1.82, 2.24) is 5.32 Å². The number of thiocarbonyl (C=S) groups is 1. The van der Waals surface area contributed by atoms with Gasteiger partial charge in [0.1, 0.15) is 0 Å². The van der Waals surface area contributed by atoms with Crippen LogP contribution in [0.25, 0.3) is 0 Å². The summed E-state index contributed by atoms with van der Waals surface area (Å²) in [5, 5.41) is 6.89. The van der Waals surface area contributed by atoms with E-state index in [4.69, 9.17) is 12.2 Å². The summed E-state index contributed by atoms with van der Waals surface area (Å²) in [5.74, 6) is -0.00218. The van der Waals surface area contributed by atoms with E-state index in [-0.39, 0.29) is 11.2 Å². The van der Waals surface area contributed by atoms with E-state index in [2.05, 4.69) is 62.6 Å². The van der Waals surface area contributed by atoms with Gasteiger partial charge in [0.05, 0.1) is 0 Å². The van der Waals surface area contributed by atoms with Gasteiger partial charge in [-0.3, -0.25) is 4.79 Å². The molecule has 0 spiro atoms. The molecule has 0 heterocycles. The minimum Gasteiger partial charge on any atom is -0.358 e. The van der Waals surface area contributed by atoms with Crippen LogP contribution in [-0.2, 0) is 12.0 Å². The van der Waals surface area contributed by atoms with Crippen molar-refractivity contribution in [2.24, 2.45) is 0 Å². The highest BCUT2D eigenvalue weighted by Gasteiger charge is 2.15. The van der Waals surface area contributed by atoms with Crippen LogP contribution in [0.1, 0.15) is 53.4 Å². The fraction of sp³-hybridized carbons (Fsp3) is 0.231. The third kappa shape index (κ3) is 5.77. The highest BCUT2D eigenvalue weighted by Crippen LogP contribution is 2.23. The summed E-state index contributed by atoms with van der Waals surface area (Å²) in [4.78, 5) is 12.9. The second-order valence-electron chi connectivity index (χ2n) is 8.53. The van der Waals surface area contributed by atoms with E-state index >= 15 is 0 Å². The van der Waals surface area contributed by atoms with Crippen LogP contribution in [0.2, 0.25) is 0 Å². The minimum atomic E-state index is -0.00218. The predicted octanol–water partition coefficient (Wildman–Crippen LogP) is 6.01. The Kier molecular flexibility index (Phi) is 6.68. The summed E-state index contributed by atoms with van der Waals surface area (Å²) < 4.78 is 0. The summed E-state index contributed by atoms with van der Waals surface area (Å²) in [6, 6.07) is 23.6. The topological polar surface area (TPSA) is 41.1 Å². The molecule has 0 aliphatic rings. The van der Waals surface area contributed by atoms with Crippen LogP contribution in [0.3, 0.4) is 0 Å². The smallest absolute Gasteiger partial charge is 0.193 e. The molecule has 0 saturated carbocycles. The van der Waals surface area contributed by atoms with Crippen molar-refractivity contribution in [1.29, 1.82) is 0 Å². The van der Waals surface area contributed by atoms with Crippen LogP contribution in [0.5, 0.6) is 0 Å². The number of benzene rings is 3. The Balaban J connectivity index is 1.64. The SMILES string of the molecule is Cc1ccc(CNC(=S)Nc2cccc(C(=O)c3ccc(C(C)(C)C)cc3)c2)cc1. The molecule has 154 valence electrons. The number of carbonyl (C=O) groups is 1. The van der Waals surface area contributed by atoms with E-state index in [9.17, 15) is 4.79 Å². The Morgan fingerprint density at radius 3 is 2.20 bits per heavy atom. The zero-order valence-corrected chi connectivity index (χ0v) is 18.8. The van der Waals surface area contributed by atoms with E-state index in [1.807, 2.05) is 48.5 Å². The lowest BCUT2D eigenvalue weighted by molar-refractivity contribution is 0.103. The Morgan fingerprint density at radius 1 is 0.900 bits per heavy atom. The van der Waals surface area contributed by atoms with Crippen molar-refractivity contribution < 1.29 is 4.79 Å². The summed E-state index contributed by atoms with van der Waals surface area (Å²) in [7, 11) is 0. The van der Waals surface area contributed by atoms with Crippen LogP contribution in [0.4, 0.5) is 5.69 Å². The van der Waals surface area contributed by atoms with Gasteiger partial charge >= 0.3 is 0 Å². The molecule has 0 bridgehead atoms. The lowest BCUT2D eigenvalue weighted by Crippen LogP contribution is -2.27. The number of anilines is 1. The van der Waals surface area contributed by atoms with E-state index in [0.29, 0.717) is 22.8 Å². The Bertz CT molecular complexity index is 1030. The zero-order valence-electron chi connectivity index (χ0n) is 18.0. The first-order chi connectivity index (χ1) is 14.2. The van der Waals surface area contributed by atoms with Gasteiger partial charge in [-0.05, 0) is 47.8 Å². The largest absolute Gasteiger partial charge is 0.358 e. The van der Waals surface area contributed by atoms with Gasteiger partial charge in [0.2, 0.25) is 0 Å². The van der Waals surface area contributed by atoms with E-state index < -0.39 is 0 Å². The van der Waals surface area contributed by atoms with Gasteiger partial charge < -0.3 is 10.6 Å². The molecular formula is C26H28N2OS. The number of carbonyl (C=O) groups excluding carboxylic acids is 1. The van der Waals surface area contributed by atoms with Crippen LogP contribution in [0.15, 0.2) is 72.8 Å². The molecule has 0 atom stereocenters. The van der Waals surface area contributed by atoms with Crippen molar-refractivity contribution in [3.05, 3.63) is 101 Å². The predicted molar refractivity (Wildman–Crippen MR) is 129 cm³/mol. The maximum Gasteiger partial charge on any atom is 0.193 e. The van der Waals surface area contributed by atoms with Crippen LogP contribution < -0.4 is 10.6 Å². The molecule has 2 N–H and O–H groups in total. The first-order valence-electron chi connectivity index (χ1n) is 10.1. The molecule has 3 rings (SSSR count). The molecule has 0 saturated heterocycles. The van der Waals surface area contributed by atoms with Gasteiger partial charge in [-0.2, -0.15) is 0 Å². The Hall–Kier alpha value is -2.98. The molecule has 0 aliphatic carbocycles. The molecule has 3 nitrogen and oxygen atoms in total. The number of nitrogens with one attached hydrogen (secondary N) is 2. The molecule has 30 heavy (non-hydrogen) atoms. The first-order valence-corrected chi connectivity index (χ1v) is 10.5. The molecule has 0 aromatic heterocycles. The minimum absolute atomic E-state index is 0.00218. The summed E-state index contributed by atoms with van der Waals surface area (Å²) in [6.07, 6.45) is 0. The zero-order chi connectivity index (χ0) is 21.7.